The topological polar surface area (TPSA) is 137 Å². The van der Waals surface area contributed by atoms with Crippen LogP contribution >= 0.6 is 11.6 Å². The van der Waals surface area contributed by atoms with E-state index in [9.17, 15) is 49.5 Å². The molecule has 2 N–H and O–H groups in total. The van der Waals surface area contributed by atoms with E-state index in [0.717, 1.165) is 37.6 Å². The van der Waals surface area contributed by atoms with Gasteiger partial charge in [-0.2, -0.15) is 31.6 Å². The van der Waals surface area contributed by atoms with Crippen LogP contribution in [0.5, 0.6) is 5.75 Å². The SMILES string of the molecule is CCCCCCCCCCNC1(C#N)CC1.O=C(O)[C@@H]1C[C@@H](S(=O)(=O)c2ccc(OCC(F)(F)F)cc2Cl)CN1C(=O)C1(C(F)(F)F)CC1. The van der Waals surface area contributed by atoms with Gasteiger partial charge in [-0.1, -0.05) is 63.5 Å². The smallest absolute Gasteiger partial charge is 0.422 e. The Bertz CT molecular complexity index is 1460. The van der Waals surface area contributed by atoms with Crippen LogP contribution < -0.4 is 10.1 Å². The first kappa shape index (κ1) is 40.7. The number of nitrogens with zero attached hydrogens (tertiary/aromatic N) is 2. The number of carbonyl (C=O) groups is 2. The fraction of sp³-hybridized carbons (Fsp3) is 0.719. The molecule has 0 radical (unpaired) electrons. The van der Waals surface area contributed by atoms with Crippen molar-refractivity contribution in [3.63, 3.8) is 0 Å². The van der Waals surface area contributed by atoms with Gasteiger partial charge < -0.3 is 14.7 Å². The number of unbranched alkanes of at least 4 members (excludes halogenated alkanes) is 7. The lowest BCUT2D eigenvalue weighted by atomic mass is 10.0. The summed E-state index contributed by atoms with van der Waals surface area (Å²) >= 11 is 5.90. The number of hydrogen-bond acceptors (Lipinski definition) is 7. The zero-order valence-corrected chi connectivity index (χ0v) is 28.7. The van der Waals surface area contributed by atoms with Crippen molar-refractivity contribution in [1.82, 2.24) is 10.2 Å². The van der Waals surface area contributed by atoms with E-state index in [2.05, 4.69) is 23.0 Å². The average molecular weight is 746 g/mol. The van der Waals surface area contributed by atoms with Crippen molar-refractivity contribution < 1.29 is 54.2 Å². The minimum atomic E-state index is -4.92. The molecule has 3 aliphatic rings. The largest absolute Gasteiger partial charge is 0.484 e. The summed E-state index contributed by atoms with van der Waals surface area (Å²) in [4.78, 5) is 24.0. The van der Waals surface area contributed by atoms with E-state index < -0.39 is 93.1 Å². The monoisotopic (exact) mass is 745 g/mol. The summed E-state index contributed by atoms with van der Waals surface area (Å²) in [5.74, 6) is -3.55. The van der Waals surface area contributed by atoms with Crippen LogP contribution in [0.25, 0.3) is 0 Å². The van der Waals surface area contributed by atoms with E-state index in [1.165, 1.54) is 51.4 Å². The van der Waals surface area contributed by atoms with Crippen LogP contribution in [0.1, 0.15) is 90.4 Å². The Labute approximate surface area is 287 Å². The van der Waals surface area contributed by atoms with Gasteiger partial charge in [-0.15, -0.1) is 0 Å². The third-order valence-electron chi connectivity index (χ3n) is 9.02. The number of carbonyl (C=O) groups excluding carboxylic acids is 1. The van der Waals surface area contributed by atoms with Crippen molar-refractivity contribution >= 4 is 33.3 Å². The van der Waals surface area contributed by atoms with Crippen LogP contribution in [-0.4, -0.2) is 79.2 Å². The van der Waals surface area contributed by atoms with Crippen molar-refractivity contribution in [2.45, 2.75) is 124 Å². The molecule has 9 nitrogen and oxygen atoms in total. The highest BCUT2D eigenvalue weighted by Crippen LogP contribution is 2.59. The Hall–Kier alpha value is -2.77. The van der Waals surface area contributed by atoms with E-state index in [1.807, 2.05) is 0 Å². The molecule has 276 valence electrons. The molecule has 2 saturated carbocycles. The van der Waals surface area contributed by atoms with Crippen LogP contribution in [0.3, 0.4) is 0 Å². The molecule has 1 aromatic carbocycles. The predicted molar refractivity (Wildman–Crippen MR) is 168 cm³/mol. The Morgan fingerprint density at radius 1 is 1.04 bits per heavy atom. The number of sulfone groups is 1. The van der Waals surface area contributed by atoms with Gasteiger partial charge in [0.1, 0.15) is 22.7 Å². The number of aliphatic carboxylic acids is 1. The van der Waals surface area contributed by atoms with Crippen LogP contribution in [0.4, 0.5) is 26.3 Å². The number of benzene rings is 1. The number of amides is 1. The number of halogens is 7. The van der Waals surface area contributed by atoms with Gasteiger partial charge in [0.25, 0.3) is 0 Å². The maximum Gasteiger partial charge on any atom is 0.422 e. The molecular formula is C32H42ClF6N3O6S. The van der Waals surface area contributed by atoms with Crippen molar-refractivity contribution in [2.75, 3.05) is 19.7 Å². The zero-order valence-electron chi connectivity index (χ0n) is 27.1. The van der Waals surface area contributed by atoms with Crippen LogP contribution in [0, 0.1) is 16.7 Å². The van der Waals surface area contributed by atoms with E-state index in [1.54, 1.807) is 0 Å². The third-order valence-corrected chi connectivity index (χ3v) is 11.6. The molecule has 0 spiro atoms. The minimum absolute atomic E-state index is 0.110. The van der Waals surface area contributed by atoms with E-state index in [0.29, 0.717) is 4.90 Å². The van der Waals surface area contributed by atoms with Gasteiger partial charge in [0, 0.05) is 12.6 Å². The van der Waals surface area contributed by atoms with Gasteiger partial charge in [0.15, 0.2) is 16.4 Å². The maximum atomic E-state index is 13.3. The second-order valence-corrected chi connectivity index (χ2v) is 15.5. The number of likely N-dealkylation sites (tertiary alicyclic amines) is 1. The lowest BCUT2D eigenvalue weighted by molar-refractivity contribution is -0.199. The molecule has 49 heavy (non-hydrogen) atoms. The number of carboxylic acid groups (broad SMARTS) is 1. The van der Waals surface area contributed by atoms with Crippen LogP contribution in [0.15, 0.2) is 23.1 Å². The summed E-state index contributed by atoms with van der Waals surface area (Å²) in [6.07, 6.45) is 1.66. The summed E-state index contributed by atoms with van der Waals surface area (Å²) < 4.78 is 107. The predicted octanol–water partition coefficient (Wildman–Crippen LogP) is 7.22. The first-order valence-corrected chi connectivity index (χ1v) is 18.2. The number of rotatable bonds is 16. The number of nitriles is 1. The van der Waals surface area contributed by atoms with Gasteiger partial charge in [0.05, 0.1) is 21.2 Å². The molecule has 2 atom stereocenters. The number of nitrogens with one attached hydrogen (secondary N) is 1. The van der Waals surface area contributed by atoms with E-state index in [4.69, 9.17) is 16.9 Å². The van der Waals surface area contributed by atoms with Crippen LogP contribution in [-0.2, 0) is 19.4 Å². The Morgan fingerprint density at radius 3 is 2.10 bits per heavy atom. The molecule has 3 fully saturated rings. The number of ether oxygens (including phenoxy) is 1. The molecule has 0 aromatic heterocycles. The maximum absolute atomic E-state index is 13.3. The number of alkyl halides is 6. The fourth-order valence-electron chi connectivity index (χ4n) is 5.69. The lowest BCUT2D eigenvalue weighted by Gasteiger charge is -2.28. The summed E-state index contributed by atoms with van der Waals surface area (Å²) in [5, 5.41) is 19.5. The highest BCUT2D eigenvalue weighted by molar-refractivity contribution is 7.92. The first-order valence-electron chi connectivity index (χ1n) is 16.3. The van der Waals surface area contributed by atoms with Crippen LogP contribution in [0.2, 0.25) is 5.02 Å². The number of hydrogen-bond donors (Lipinski definition) is 2. The molecule has 2 aliphatic carbocycles. The highest BCUT2D eigenvalue weighted by Gasteiger charge is 2.70. The molecule has 1 heterocycles. The normalized spacial score (nSPS) is 20.9. The molecule has 1 aromatic rings. The van der Waals surface area contributed by atoms with Crippen molar-refractivity contribution in [3.05, 3.63) is 23.2 Å². The van der Waals surface area contributed by atoms with Gasteiger partial charge in [-0.3, -0.25) is 10.1 Å². The zero-order chi connectivity index (χ0) is 36.7. The quantitative estimate of drug-likeness (QED) is 0.134. The van der Waals surface area contributed by atoms with Gasteiger partial charge in [-0.05, 0) is 57.2 Å². The second kappa shape index (κ2) is 16.5. The van der Waals surface area contributed by atoms with Gasteiger partial charge >= 0.3 is 18.3 Å². The average Bonchev–Trinajstić information content (AvgIpc) is 3.94. The van der Waals surface area contributed by atoms with E-state index in [-0.39, 0.29) is 11.3 Å². The Balaban J connectivity index is 0.000000341. The first-order chi connectivity index (χ1) is 22.8. The molecule has 1 saturated heterocycles. The molecule has 0 bridgehead atoms. The molecule has 1 amide bonds. The van der Waals surface area contributed by atoms with Crippen molar-refractivity contribution in [1.29, 1.82) is 5.26 Å². The number of carboxylic acids is 1. The summed E-state index contributed by atoms with van der Waals surface area (Å²) in [6, 6.07) is 3.13. The molecule has 0 unspecified atom stereocenters. The molecular weight excluding hydrogens is 704 g/mol. The summed E-state index contributed by atoms with van der Waals surface area (Å²) in [6.45, 7) is 0.825. The standard InChI is InChI=1S/C18H16ClF6NO6S.C14H26N2/c19-11-5-9(32-8-17(20,21)22)1-2-13(11)33(30,31)10-6-12(14(27)28)26(7-10)15(29)16(3-4-16)18(23,24)25;1-2-3-4-5-6-7-8-9-12-16-14(13-15)10-11-14/h1-2,5,10,12H,3-4,6-8H2,(H,27,28);16H,2-12H2,1H3/t10-,12+;/m1./s1. The van der Waals surface area contributed by atoms with Gasteiger partial charge in [0.2, 0.25) is 5.91 Å². The molecule has 4 rings (SSSR count). The second-order valence-electron chi connectivity index (χ2n) is 12.9. The molecule has 1 aliphatic heterocycles. The molecule has 17 heteroatoms. The highest BCUT2D eigenvalue weighted by atomic mass is 35.5. The van der Waals surface area contributed by atoms with Crippen molar-refractivity contribution in [3.8, 4) is 11.8 Å². The fourth-order valence-corrected chi connectivity index (χ4v) is 7.92. The summed E-state index contributed by atoms with van der Waals surface area (Å²) in [7, 11) is -4.47. The Morgan fingerprint density at radius 2 is 1.63 bits per heavy atom. The third kappa shape index (κ3) is 10.9. The van der Waals surface area contributed by atoms with E-state index >= 15 is 0 Å². The summed E-state index contributed by atoms with van der Waals surface area (Å²) in [5.41, 5.74) is -2.84. The minimum Gasteiger partial charge on any atom is -0.484 e. The lowest BCUT2D eigenvalue weighted by Crippen LogP contribution is -2.48. The van der Waals surface area contributed by atoms with Crippen molar-refractivity contribution in [2.24, 2.45) is 5.41 Å². The van der Waals surface area contributed by atoms with Gasteiger partial charge in [-0.25, -0.2) is 13.2 Å². The Kier molecular flexibility index (Phi) is 13.7.